The molecule has 2 aliphatic heterocycles. The number of ether oxygens (including phenoxy) is 3. The van der Waals surface area contributed by atoms with Crippen molar-refractivity contribution in [3.63, 3.8) is 0 Å². The maximum Gasteiger partial charge on any atom is 0.336 e. The van der Waals surface area contributed by atoms with Gasteiger partial charge in [0.05, 0.1) is 29.6 Å². The molecular formula is C25H22N2O7. The van der Waals surface area contributed by atoms with Crippen LogP contribution in [0, 0.1) is 10.1 Å². The van der Waals surface area contributed by atoms with Crippen LogP contribution in [0.25, 0.3) is 0 Å². The number of ketones is 1. The van der Waals surface area contributed by atoms with E-state index in [9.17, 15) is 19.7 Å². The van der Waals surface area contributed by atoms with Crippen LogP contribution in [0.4, 0.5) is 5.69 Å². The van der Waals surface area contributed by atoms with Gasteiger partial charge in [0.1, 0.15) is 0 Å². The van der Waals surface area contributed by atoms with Crippen molar-refractivity contribution in [2.45, 2.75) is 31.6 Å². The van der Waals surface area contributed by atoms with Gasteiger partial charge in [-0.05, 0) is 30.9 Å². The fourth-order valence-electron chi connectivity index (χ4n) is 5.03. The van der Waals surface area contributed by atoms with Crippen molar-refractivity contribution in [2.75, 3.05) is 13.9 Å². The predicted octanol–water partition coefficient (Wildman–Crippen LogP) is 3.86. The number of allylic oxidation sites excluding steroid dienone is 3. The first-order chi connectivity index (χ1) is 16.4. The summed E-state index contributed by atoms with van der Waals surface area (Å²) in [5.41, 5.74) is 2.63. The molecule has 0 spiro atoms. The minimum absolute atomic E-state index is 0.0418. The number of methoxy groups -OCH3 is 1. The highest BCUT2D eigenvalue weighted by Gasteiger charge is 2.44. The SMILES string of the molecule is COC(=O)C1=C(C)NC2=C(C(=O)C[C@H](c3ccccc3)C2)[C@@H]1c1cc2c(cc1[N+](=O)[O-])OCO2. The lowest BCUT2D eigenvalue weighted by Gasteiger charge is -2.36. The van der Waals surface area contributed by atoms with Gasteiger partial charge in [0.25, 0.3) is 5.69 Å². The predicted molar refractivity (Wildman–Crippen MR) is 120 cm³/mol. The molecule has 9 nitrogen and oxygen atoms in total. The highest BCUT2D eigenvalue weighted by molar-refractivity contribution is 6.04. The number of nitrogens with zero attached hydrogens (tertiary/aromatic N) is 1. The number of benzene rings is 2. The Bertz CT molecular complexity index is 1280. The fraction of sp³-hybridized carbons (Fsp3) is 0.280. The number of nitro groups is 1. The Hall–Kier alpha value is -4.14. The lowest BCUT2D eigenvalue weighted by Crippen LogP contribution is -2.36. The van der Waals surface area contributed by atoms with E-state index in [-0.39, 0.29) is 47.5 Å². The lowest BCUT2D eigenvalue weighted by atomic mass is 9.71. The molecule has 5 rings (SSSR count). The number of nitrogens with one attached hydrogen (secondary N) is 1. The second-order valence-electron chi connectivity index (χ2n) is 8.44. The Morgan fingerprint density at radius 2 is 1.85 bits per heavy atom. The van der Waals surface area contributed by atoms with Gasteiger partial charge in [0, 0.05) is 29.0 Å². The molecule has 3 aliphatic rings. The van der Waals surface area contributed by atoms with E-state index in [1.165, 1.54) is 19.2 Å². The van der Waals surface area contributed by atoms with Gasteiger partial charge in [-0.1, -0.05) is 30.3 Å². The van der Waals surface area contributed by atoms with E-state index in [2.05, 4.69) is 5.32 Å². The van der Waals surface area contributed by atoms with E-state index in [1.54, 1.807) is 6.92 Å². The summed E-state index contributed by atoms with van der Waals surface area (Å²) in [7, 11) is 1.24. The third-order valence-electron chi connectivity index (χ3n) is 6.53. The lowest BCUT2D eigenvalue weighted by molar-refractivity contribution is -0.385. The van der Waals surface area contributed by atoms with Crippen LogP contribution in [-0.4, -0.2) is 30.6 Å². The minimum Gasteiger partial charge on any atom is -0.466 e. The van der Waals surface area contributed by atoms with Gasteiger partial charge in [-0.25, -0.2) is 4.79 Å². The van der Waals surface area contributed by atoms with Gasteiger partial charge >= 0.3 is 5.97 Å². The second-order valence-corrected chi connectivity index (χ2v) is 8.44. The van der Waals surface area contributed by atoms with Crippen LogP contribution in [0.2, 0.25) is 0 Å². The number of esters is 1. The van der Waals surface area contributed by atoms with Crippen LogP contribution < -0.4 is 14.8 Å². The highest BCUT2D eigenvalue weighted by atomic mass is 16.7. The zero-order valence-corrected chi connectivity index (χ0v) is 18.6. The van der Waals surface area contributed by atoms with Gasteiger partial charge in [0.2, 0.25) is 6.79 Å². The number of carbonyl (C=O) groups is 2. The standard InChI is InChI=1S/C25H22N2O7/c1-13-22(25(29)32-2)23(16-10-20-21(34-12-33-20)11-18(16)27(30)31)24-17(26-13)8-15(9-19(24)28)14-6-4-3-5-7-14/h3-7,10-11,15,23,26H,8-9,12H2,1-2H3/t15-,23-/m1/s1. The number of hydrogen-bond acceptors (Lipinski definition) is 8. The highest BCUT2D eigenvalue weighted by Crippen LogP contribution is 2.50. The molecule has 0 saturated heterocycles. The molecule has 1 N–H and O–H groups in total. The maximum atomic E-state index is 13.6. The van der Waals surface area contributed by atoms with Crippen LogP contribution in [-0.2, 0) is 14.3 Å². The largest absolute Gasteiger partial charge is 0.466 e. The summed E-state index contributed by atoms with van der Waals surface area (Å²) in [6, 6.07) is 12.5. The first-order valence-electron chi connectivity index (χ1n) is 10.8. The zero-order chi connectivity index (χ0) is 24.0. The molecule has 0 radical (unpaired) electrons. The minimum atomic E-state index is -0.970. The average molecular weight is 462 g/mol. The van der Waals surface area contributed by atoms with Crippen molar-refractivity contribution in [1.29, 1.82) is 0 Å². The molecule has 1 aliphatic carbocycles. The number of carbonyl (C=O) groups excluding carboxylic acids is 2. The Kier molecular flexibility index (Phi) is 5.31. The molecule has 0 aromatic heterocycles. The summed E-state index contributed by atoms with van der Waals surface area (Å²) >= 11 is 0. The zero-order valence-electron chi connectivity index (χ0n) is 18.6. The van der Waals surface area contributed by atoms with Crippen LogP contribution >= 0.6 is 0 Å². The molecule has 0 amide bonds. The molecular weight excluding hydrogens is 440 g/mol. The summed E-state index contributed by atoms with van der Waals surface area (Å²) < 4.78 is 15.8. The molecule has 174 valence electrons. The van der Waals surface area contributed by atoms with Crippen molar-refractivity contribution >= 4 is 17.4 Å². The molecule has 0 fully saturated rings. The van der Waals surface area contributed by atoms with E-state index in [1.807, 2.05) is 30.3 Å². The summed E-state index contributed by atoms with van der Waals surface area (Å²) in [5, 5.41) is 15.3. The van der Waals surface area contributed by atoms with Crippen molar-refractivity contribution < 1.29 is 28.7 Å². The summed E-state index contributed by atoms with van der Waals surface area (Å²) in [6.07, 6.45) is 0.763. The van der Waals surface area contributed by atoms with E-state index in [0.29, 0.717) is 29.1 Å². The Morgan fingerprint density at radius 3 is 2.53 bits per heavy atom. The van der Waals surface area contributed by atoms with E-state index < -0.39 is 16.8 Å². The van der Waals surface area contributed by atoms with Gasteiger partial charge in [0.15, 0.2) is 17.3 Å². The third kappa shape index (κ3) is 3.49. The topological polar surface area (TPSA) is 117 Å². The number of nitro benzene ring substituents is 1. The number of Topliss-reactive ketones (excluding diaryl/α,β-unsaturated/α-hetero) is 1. The first-order valence-corrected chi connectivity index (χ1v) is 10.8. The third-order valence-corrected chi connectivity index (χ3v) is 6.53. The number of hydrogen-bond donors (Lipinski definition) is 1. The average Bonchev–Trinajstić information content (AvgIpc) is 3.30. The molecule has 34 heavy (non-hydrogen) atoms. The van der Waals surface area contributed by atoms with Crippen molar-refractivity contribution in [3.8, 4) is 11.5 Å². The Morgan fingerprint density at radius 1 is 1.15 bits per heavy atom. The van der Waals surface area contributed by atoms with Crippen LogP contribution in [0.1, 0.15) is 42.7 Å². The maximum absolute atomic E-state index is 13.6. The molecule has 0 saturated carbocycles. The number of dihydropyridines is 1. The molecule has 0 bridgehead atoms. The van der Waals surface area contributed by atoms with Gasteiger partial charge in [-0.2, -0.15) is 0 Å². The number of rotatable bonds is 4. The summed E-state index contributed by atoms with van der Waals surface area (Å²) in [5.74, 6) is -1.27. The fourth-order valence-corrected chi connectivity index (χ4v) is 5.03. The van der Waals surface area contributed by atoms with E-state index in [0.717, 1.165) is 5.56 Å². The van der Waals surface area contributed by atoms with Crippen LogP contribution in [0.15, 0.2) is 65.0 Å². The van der Waals surface area contributed by atoms with Crippen molar-refractivity contribution in [2.24, 2.45) is 0 Å². The molecule has 2 atom stereocenters. The van der Waals surface area contributed by atoms with Crippen LogP contribution in [0.3, 0.4) is 0 Å². The second kappa shape index (κ2) is 8.33. The Balaban J connectivity index is 1.69. The molecule has 9 heteroatoms. The molecule has 2 aromatic rings. The van der Waals surface area contributed by atoms with Crippen LogP contribution in [0.5, 0.6) is 11.5 Å². The van der Waals surface area contributed by atoms with Gasteiger partial charge < -0.3 is 19.5 Å². The van der Waals surface area contributed by atoms with Gasteiger partial charge in [-0.15, -0.1) is 0 Å². The monoisotopic (exact) mass is 462 g/mol. The van der Waals surface area contributed by atoms with Crippen molar-refractivity contribution in [3.05, 3.63) is 86.2 Å². The normalized spacial score (nSPS) is 21.2. The molecule has 0 unspecified atom stereocenters. The van der Waals surface area contributed by atoms with E-state index in [4.69, 9.17) is 14.2 Å². The summed E-state index contributed by atoms with van der Waals surface area (Å²) in [4.78, 5) is 37.9. The molecule has 2 aromatic carbocycles. The summed E-state index contributed by atoms with van der Waals surface area (Å²) in [6.45, 7) is 1.64. The van der Waals surface area contributed by atoms with Gasteiger partial charge in [-0.3, -0.25) is 14.9 Å². The number of fused-ring (bicyclic) bond motifs is 1. The van der Waals surface area contributed by atoms with Crippen molar-refractivity contribution in [1.82, 2.24) is 5.32 Å². The first kappa shape index (κ1) is 21.7. The van der Waals surface area contributed by atoms with E-state index >= 15 is 0 Å². The quantitative estimate of drug-likeness (QED) is 0.414. The Labute approximate surface area is 195 Å². The smallest absolute Gasteiger partial charge is 0.336 e. The molecule has 2 heterocycles.